The van der Waals surface area contributed by atoms with Crippen molar-refractivity contribution in [3.63, 3.8) is 0 Å². The molecule has 0 amide bonds. The lowest BCUT2D eigenvalue weighted by Gasteiger charge is -2.27. The average molecular weight is 488 g/mol. The van der Waals surface area contributed by atoms with Crippen LogP contribution in [0.5, 0.6) is 5.75 Å². The predicted molar refractivity (Wildman–Crippen MR) is 125 cm³/mol. The quantitative estimate of drug-likeness (QED) is 0.345. The van der Waals surface area contributed by atoms with Crippen LogP contribution in [-0.4, -0.2) is 32.8 Å². The molecule has 1 aromatic heterocycles. The van der Waals surface area contributed by atoms with Gasteiger partial charge in [0.25, 0.3) is 0 Å². The first-order valence-corrected chi connectivity index (χ1v) is 11.3. The molecule has 1 N–H and O–H groups in total. The highest BCUT2D eigenvalue weighted by molar-refractivity contribution is 6.35. The summed E-state index contributed by atoms with van der Waals surface area (Å²) in [6.45, 7) is 4.45. The molecule has 2 heterocycles. The Morgan fingerprint density at radius 2 is 1.88 bits per heavy atom. The van der Waals surface area contributed by atoms with Crippen LogP contribution in [0.4, 0.5) is 5.95 Å². The molecular formula is C23H23Cl2N5O3. The van der Waals surface area contributed by atoms with E-state index in [1.807, 2.05) is 38.1 Å². The molecule has 0 spiro atoms. The third-order valence-corrected chi connectivity index (χ3v) is 6.01. The van der Waals surface area contributed by atoms with Crippen molar-refractivity contribution in [2.75, 3.05) is 11.9 Å². The fourth-order valence-corrected chi connectivity index (χ4v) is 4.05. The molecule has 172 valence electrons. The van der Waals surface area contributed by atoms with E-state index in [1.54, 1.807) is 22.9 Å². The normalized spacial score (nSPS) is 15.1. The average Bonchev–Trinajstić information content (AvgIpc) is 3.26. The summed E-state index contributed by atoms with van der Waals surface area (Å²) in [6, 6.07) is 12.2. The molecule has 2 aromatic carbocycles. The van der Waals surface area contributed by atoms with Gasteiger partial charge in [0.15, 0.2) is 0 Å². The third-order valence-electron chi connectivity index (χ3n) is 5.31. The number of nitrogens with one attached hydrogen (secondary N) is 1. The first kappa shape index (κ1) is 23.1. The summed E-state index contributed by atoms with van der Waals surface area (Å²) in [7, 11) is 0. The van der Waals surface area contributed by atoms with Gasteiger partial charge in [-0.1, -0.05) is 59.8 Å². The monoisotopic (exact) mass is 487 g/mol. The van der Waals surface area contributed by atoms with Crippen molar-refractivity contribution in [1.29, 1.82) is 0 Å². The number of carbonyl (C=O) groups is 1. The first-order valence-electron chi connectivity index (χ1n) is 10.6. The molecule has 4 rings (SSSR count). The lowest BCUT2D eigenvalue weighted by Crippen LogP contribution is -2.29. The highest BCUT2D eigenvalue weighted by Gasteiger charge is 2.34. The number of unbranched alkanes of at least 4 members (excludes halogenated alkanes) is 1. The van der Waals surface area contributed by atoms with E-state index in [1.165, 1.54) is 0 Å². The fraction of sp³-hybridized carbons (Fsp3) is 0.304. The highest BCUT2D eigenvalue weighted by Crippen LogP contribution is 2.35. The highest BCUT2D eigenvalue weighted by atomic mass is 35.5. The largest absolute Gasteiger partial charge is 0.489 e. The summed E-state index contributed by atoms with van der Waals surface area (Å²) >= 11 is 12.4. The number of esters is 1. The number of carbonyl (C=O) groups excluding carboxylic acids is 1. The lowest BCUT2D eigenvalue weighted by molar-refractivity contribution is -0.139. The van der Waals surface area contributed by atoms with E-state index in [-0.39, 0.29) is 6.61 Å². The van der Waals surface area contributed by atoms with Gasteiger partial charge in [-0.25, -0.2) is 4.79 Å². The molecule has 1 aliphatic rings. The number of halogens is 2. The topological polar surface area (TPSA) is 91.2 Å². The number of aromatic nitrogens is 4. The molecule has 0 fully saturated rings. The Bertz CT molecular complexity index is 1160. The molecule has 1 unspecified atom stereocenters. The van der Waals surface area contributed by atoms with Crippen LogP contribution in [0, 0.1) is 0 Å². The molecule has 33 heavy (non-hydrogen) atoms. The van der Waals surface area contributed by atoms with Crippen LogP contribution in [0.15, 0.2) is 53.7 Å². The van der Waals surface area contributed by atoms with E-state index in [0.717, 1.165) is 24.0 Å². The van der Waals surface area contributed by atoms with Crippen LogP contribution in [0.2, 0.25) is 10.0 Å². The van der Waals surface area contributed by atoms with Crippen LogP contribution < -0.4 is 10.1 Å². The van der Waals surface area contributed by atoms with Gasteiger partial charge in [-0.15, -0.1) is 0 Å². The second kappa shape index (κ2) is 10.2. The van der Waals surface area contributed by atoms with E-state index in [0.29, 0.717) is 39.6 Å². The third kappa shape index (κ3) is 4.96. The Morgan fingerprint density at radius 1 is 1.15 bits per heavy atom. The van der Waals surface area contributed by atoms with Gasteiger partial charge in [0, 0.05) is 21.3 Å². The molecule has 0 radical (unpaired) electrons. The second-order valence-electron chi connectivity index (χ2n) is 7.56. The van der Waals surface area contributed by atoms with Gasteiger partial charge in [-0.3, -0.25) is 0 Å². The molecule has 0 bridgehead atoms. The SMILES string of the molecule is CCCCOC(=O)C1=C(C)Nc2nnnn2C1c1ccc(OCc2c(Cl)cccc2Cl)cc1. The van der Waals surface area contributed by atoms with Crippen LogP contribution in [-0.2, 0) is 16.1 Å². The molecule has 3 aromatic rings. The number of fused-ring (bicyclic) bond motifs is 1. The van der Waals surface area contributed by atoms with Crippen molar-refractivity contribution >= 4 is 35.1 Å². The van der Waals surface area contributed by atoms with Gasteiger partial charge in [0.1, 0.15) is 18.4 Å². The summed E-state index contributed by atoms with van der Waals surface area (Å²) in [5.41, 5.74) is 2.65. The number of nitrogens with zero attached hydrogens (tertiary/aromatic N) is 4. The van der Waals surface area contributed by atoms with Gasteiger partial charge in [0.2, 0.25) is 5.95 Å². The standard InChI is InChI=1S/C23H23Cl2N5O3/c1-3-4-12-32-22(31)20-14(2)26-23-27-28-29-30(23)21(20)15-8-10-16(11-9-15)33-13-17-18(24)6-5-7-19(17)25/h5-11,21H,3-4,12-13H2,1-2H3,(H,26,27,29). The number of hydrogen-bond acceptors (Lipinski definition) is 7. The Balaban J connectivity index is 1.57. The minimum absolute atomic E-state index is 0.233. The Kier molecular flexibility index (Phi) is 7.15. The van der Waals surface area contributed by atoms with E-state index < -0.39 is 12.0 Å². The Morgan fingerprint density at radius 3 is 2.58 bits per heavy atom. The van der Waals surface area contributed by atoms with Gasteiger partial charge in [0.05, 0.1) is 12.2 Å². The van der Waals surface area contributed by atoms with Crippen LogP contribution in [0.3, 0.4) is 0 Å². The smallest absolute Gasteiger partial charge is 0.338 e. The van der Waals surface area contributed by atoms with Crippen molar-refractivity contribution in [2.24, 2.45) is 0 Å². The van der Waals surface area contributed by atoms with Crippen LogP contribution in [0.25, 0.3) is 0 Å². The van der Waals surface area contributed by atoms with Crippen molar-refractivity contribution in [3.8, 4) is 5.75 Å². The molecule has 1 aliphatic heterocycles. The number of rotatable bonds is 8. The van der Waals surface area contributed by atoms with E-state index >= 15 is 0 Å². The molecule has 0 saturated carbocycles. The number of allylic oxidation sites excluding steroid dienone is 1. The first-order chi connectivity index (χ1) is 16.0. The summed E-state index contributed by atoms with van der Waals surface area (Å²) in [5.74, 6) is 0.693. The summed E-state index contributed by atoms with van der Waals surface area (Å²) in [4.78, 5) is 12.9. The molecule has 10 heteroatoms. The van der Waals surface area contributed by atoms with Crippen molar-refractivity contribution in [2.45, 2.75) is 39.3 Å². The fourth-order valence-electron chi connectivity index (χ4n) is 3.54. The van der Waals surface area contributed by atoms with Crippen LogP contribution >= 0.6 is 23.2 Å². The van der Waals surface area contributed by atoms with Crippen molar-refractivity contribution in [3.05, 3.63) is 74.9 Å². The van der Waals surface area contributed by atoms with Crippen molar-refractivity contribution in [1.82, 2.24) is 20.2 Å². The molecular weight excluding hydrogens is 465 g/mol. The minimum Gasteiger partial charge on any atom is -0.489 e. The minimum atomic E-state index is -0.530. The summed E-state index contributed by atoms with van der Waals surface area (Å²) in [6.07, 6.45) is 1.73. The summed E-state index contributed by atoms with van der Waals surface area (Å²) in [5, 5.41) is 16.0. The number of hydrogen-bond donors (Lipinski definition) is 1. The van der Waals surface area contributed by atoms with E-state index in [2.05, 4.69) is 20.8 Å². The maximum absolute atomic E-state index is 12.9. The zero-order chi connectivity index (χ0) is 23.4. The van der Waals surface area contributed by atoms with Gasteiger partial charge in [-0.2, -0.15) is 4.68 Å². The summed E-state index contributed by atoms with van der Waals surface area (Å²) < 4.78 is 13.0. The van der Waals surface area contributed by atoms with E-state index in [4.69, 9.17) is 32.7 Å². The Labute approximate surface area is 201 Å². The molecule has 0 saturated heterocycles. The zero-order valence-corrected chi connectivity index (χ0v) is 19.7. The molecule has 0 aliphatic carbocycles. The maximum atomic E-state index is 12.9. The number of ether oxygens (including phenoxy) is 2. The van der Waals surface area contributed by atoms with Crippen molar-refractivity contribution < 1.29 is 14.3 Å². The molecule has 1 atom stereocenters. The second-order valence-corrected chi connectivity index (χ2v) is 8.38. The van der Waals surface area contributed by atoms with Crippen LogP contribution in [0.1, 0.15) is 43.9 Å². The lowest BCUT2D eigenvalue weighted by atomic mass is 9.96. The zero-order valence-electron chi connectivity index (χ0n) is 18.2. The molecule has 8 nitrogen and oxygen atoms in total. The van der Waals surface area contributed by atoms with Gasteiger partial charge < -0.3 is 14.8 Å². The number of anilines is 1. The predicted octanol–water partition coefficient (Wildman–Crippen LogP) is 5.19. The number of benzene rings is 2. The maximum Gasteiger partial charge on any atom is 0.338 e. The Hall–Kier alpha value is -3.10. The number of tetrazole rings is 1. The van der Waals surface area contributed by atoms with E-state index in [9.17, 15) is 4.79 Å². The van der Waals surface area contributed by atoms with Gasteiger partial charge >= 0.3 is 5.97 Å². The van der Waals surface area contributed by atoms with Gasteiger partial charge in [-0.05, 0) is 53.6 Å².